The maximum Gasteiger partial charge on any atom is 0.166 e. The van der Waals surface area contributed by atoms with E-state index in [0.717, 1.165) is 53.7 Å². The minimum absolute atomic E-state index is 0.0590. The van der Waals surface area contributed by atoms with Gasteiger partial charge in [-0.15, -0.1) is 0 Å². The summed E-state index contributed by atoms with van der Waals surface area (Å²) in [6.45, 7) is 2.52. The fourth-order valence-electron chi connectivity index (χ4n) is 8.87. The van der Waals surface area contributed by atoms with Gasteiger partial charge in [0.15, 0.2) is 17.6 Å². The summed E-state index contributed by atoms with van der Waals surface area (Å²) in [7, 11) is 0. The first-order valence-electron chi connectivity index (χ1n) is 13.4. The number of rotatable bonds is 2. The van der Waals surface area contributed by atoms with Crippen LogP contribution in [-0.2, 0) is 24.8 Å². The molecule has 3 aromatic rings. The van der Waals surface area contributed by atoms with Gasteiger partial charge in [-0.05, 0) is 73.9 Å². The van der Waals surface area contributed by atoms with Gasteiger partial charge in [-0.3, -0.25) is 4.90 Å². The molecule has 2 fully saturated rings. The van der Waals surface area contributed by atoms with Crippen LogP contribution in [0.1, 0.15) is 65.8 Å². The van der Waals surface area contributed by atoms with E-state index in [1.54, 1.807) is 12.1 Å². The molecule has 6 aliphatic rings. The van der Waals surface area contributed by atoms with Crippen molar-refractivity contribution in [3.8, 4) is 11.5 Å². The monoisotopic (exact) mass is 488 g/mol. The highest BCUT2D eigenvalue weighted by atomic mass is 19.1. The molecule has 1 saturated carbocycles. The minimum Gasteiger partial charge on any atom is -0.504 e. The van der Waals surface area contributed by atoms with Crippen molar-refractivity contribution >= 4 is 10.9 Å². The fourth-order valence-corrected chi connectivity index (χ4v) is 8.87. The molecule has 7 heteroatoms. The number of fused-ring (bicyclic) bond motifs is 4. The van der Waals surface area contributed by atoms with Crippen molar-refractivity contribution in [3.05, 3.63) is 58.0 Å². The molecule has 36 heavy (non-hydrogen) atoms. The Morgan fingerprint density at radius 2 is 2.00 bits per heavy atom. The second-order valence-corrected chi connectivity index (χ2v) is 12.1. The van der Waals surface area contributed by atoms with Gasteiger partial charge in [-0.25, -0.2) is 4.39 Å². The largest absolute Gasteiger partial charge is 0.504 e. The molecular formula is C29H29FN2O4. The Bertz CT molecular complexity index is 1510. The number of piperidine rings is 1. The molecule has 1 aromatic heterocycles. The van der Waals surface area contributed by atoms with Crippen LogP contribution in [-0.4, -0.2) is 49.5 Å². The van der Waals surface area contributed by atoms with Crippen LogP contribution in [0, 0.1) is 11.7 Å². The zero-order valence-electron chi connectivity index (χ0n) is 20.0. The third kappa shape index (κ3) is 2.14. The zero-order chi connectivity index (χ0) is 24.1. The van der Waals surface area contributed by atoms with Crippen LogP contribution >= 0.6 is 0 Å². The number of benzene rings is 2. The maximum atomic E-state index is 14.9. The van der Waals surface area contributed by atoms with Gasteiger partial charge >= 0.3 is 0 Å². The summed E-state index contributed by atoms with van der Waals surface area (Å²) < 4.78 is 23.8. The van der Waals surface area contributed by atoms with E-state index < -0.39 is 23.2 Å². The van der Waals surface area contributed by atoms with Gasteiger partial charge in [0.05, 0.1) is 28.3 Å². The predicted molar refractivity (Wildman–Crippen MR) is 130 cm³/mol. The standard InChI is InChI=1S/C29H29FN2O4/c30-16-10-17-19-12-29(35)22-9-15-3-4-21(34)26-23(15)28(29,6-8-31(22)13-14-1-2-14)27(36-26)25(19)32-7-5-20(33)18(11-16)24(17)32/h3-4,10-11,14,20,22,27,33-35H,1-2,5-9,12-13H2/t20-,22+,27+,28+,29-/m1/s1. The second-order valence-electron chi connectivity index (χ2n) is 12.1. The first kappa shape index (κ1) is 20.4. The highest BCUT2D eigenvalue weighted by molar-refractivity contribution is 5.90. The molecule has 2 bridgehead atoms. The molecular weight excluding hydrogens is 459 g/mol. The maximum absolute atomic E-state index is 14.9. The Hall–Kier alpha value is -2.61. The van der Waals surface area contributed by atoms with Crippen LogP contribution in [0.25, 0.3) is 10.9 Å². The van der Waals surface area contributed by atoms with E-state index in [9.17, 15) is 19.7 Å². The summed E-state index contributed by atoms with van der Waals surface area (Å²) in [6.07, 6.45) is 3.76. The second kappa shape index (κ2) is 6.26. The lowest BCUT2D eigenvalue weighted by Gasteiger charge is -2.63. The number of aliphatic hydroxyl groups excluding tert-OH is 1. The van der Waals surface area contributed by atoms with Crippen LogP contribution in [0.5, 0.6) is 11.5 Å². The summed E-state index contributed by atoms with van der Waals surface area (Å²) in [4.78, 5) is 2.51. The van der Waals surface area contributed by atoms with E-state index in [1.165, 1.54) is 24.5 Å². The minimum atomic E-state index is -1.10. The van der Waals surface area contributed by atoms with Gasteiger partial charge < -0.3 is 24.6 Å². The summed E-state index contributed by atoms with van der Waals surface area (Å²) in [6, 6.07) is 6.72. The molecule has 2 aromatic carbocycles. The van der Waals surface area contributed by atoms with Crippen LogP contribution in [0.15, 0.2) is 24.3 Å². The van der Waals surface area contributed by atoms with E-state index in [2.05, 4.69) is 9.47 Å². The third-order valence-electron chi connectivity index (χ3n) is 10.5. The smallest absolute Gasteiger partial charge is 0.166 e. The molecule has 1 saturated heterocycles. The van der Waals surface area contributed by atoms with Crippen LogP contribution in [0.4, 0.5) is 4.39 Å². The van der Waals surface area contributed by atoms with Crippen molar-refractivity contribution in [3.63, 3.8) is 0 Å². The van der Waals surface area contributed by atoms with Gasteiger partial charge in [0.1, 0.15) is 5.82 Å². The molecule has 3 N–H and O–H groups in total. The molecule has 0 unspecified atom stereocenters. The van der Waals surface area contributed by atoms with Crippen molar-refractivity contribution in [2.24, 2.45) is 5.92 Å². The number of ether oxygens (including phenoxy) is 1. The summed E-state index contributed by atoms with van der Waals surface area (Å²) >= 11 is 0. The number of hydrogen-bond acceptors (Lipinski definition) is 5. The van der Waals surface area contributed by atoms with Crippen molar-refractivity contribution < 1.29 is 24.4 Å². The summed E-state index contributed by atoms with van der Waals surface area (Å²) in [5, 5.41) is 35.4. The van der Waals surface area contributed by atoms with Gasteiger partial charge in [-0.2, -0.15) is 0 Å². The van der Waals surface area contributed by atoms with Crippen molar-refractivity contribution in [1.29, 1.82) is 0 Å². The SMILES string of the molecule is Oc1ccc2c3c1O[C@H]1c4c(c5cc(F)cc6c5n4CC[C@H]6O)C[C@@]4(O)[C@H](C2)N(CC2CC2)CC[C@]314. The van der Waals surface area contributed by atoms with Gasteiger partial charge in [0.25, 0.3) is 0 Å². The summed E-state index contributed by atoms with van der Waals surface area (Å²) in [5.74, 6) is 0.985. The van der Waals surface area contributed by atoms with Crippen LogP contribution < -0.4 is 4.74 Å². The van der Waals surface area contributed by atoms with Crippen molar-refractivity contribution in [1.82, 2.24) is 9.47 Å². The number of phenols is 1. The normalized spacial score (nSPS) is 35.5. The molecule has 1 spiro atoms. The Morgan fingerprint density at radius 3 is 2.83 bits per heavy atom. The first-order valence-corrected chi connectivity index (χ1v) is 13.4. The Kier molecular flexibility index (Phi) is 3.56. The van der Waals surface area contributed by atoms with Gasteiger partial charge in [0.2, 0.25) is 0 Å². The van der Waals surface area contributed by atoms with E-state index in [4.69, 9.17) is 4.74 Å². The van der Waals surface area contributed by atoms with Crippen LogP contribution in [0.2, 0.25) is 0 Å². The highest BCUT2D eigenvalue weighted by Crippen LogP contribution is 2.69. The topological polar surface area (TPSA) is 78.1 Å². The number of hydrogen-bond donors (Lipinski definition) is 3. The lowest BCUT2D eigenvalue weighted by Crippen LogP contribution is -2.74. The number of aryl methyl sites for hydroxylation is 1. The van der Waals surface area contributed by atoms with Crippen molar-refractivity contribution in [2.75, 3.05) is 13.1 Å². The van der Waals surface area contributed by atoms with E-state index >= 15 is 0 Å². The number of aromatic nitrogens is 1. The molecule has 186 valence electrons. The molecule has 4 heterocycles. The number of likely N-dealkylation sites (tertiary alicyclic amines) is 1. The number of halogens is 1. The average Bonchev–Trinajstić information content (AvgIpc) is 3.52. The average molecular weight is 489 g/mol. The Labute approximate surface area is 207 Å². The number of aromatic hydroxyl groups is 1. The molecule has 5 atom stereocenters. The van der Waals surface area contributed by atoms with Gasteiger partial charge in [0, 0.05) is 42.1 Å². The number of aliphatic hydroxyl groups is 2. The summed E-state index contributed by atoms with van der Waals surface area (Å²) in [5.41, 5.74) is 3.83. The number of phenolic OH excluding ortho intramolecular Hbond substituents is 1. The van der Waals surface area contributed by atoms with Crippen molar-refractivity contribution in [2.45, 2.75) is 74.3 Å². The van der Waals surface area contributed by atoms with Gasteiger partial charge in [-0.1, -0.05) is 6.07 Å². The molecule has 9 rings (SSSR count). The molecule has 3 aliphatic heterocycles. The molecule has 6 nitrogen and oxygen atoms in total. The van der Waals surface area contributed by atoms with E-state index in [0.29, 0.717) is 36.6 Å². The molecule has 0 radical (unpaired) electrons. The Balaban J connectivity index is 1.36. The highest BCUT2D eigenvalue weighted by Gasteiger charge is 2.73. The predicted octanol–water partition coefficient (Wildman–Crippen LogP) is 3.62. The lowest BCUT2D eigenvalue weighted by atomic mass is 9.49. The number of nitrogens with zero attached hydrogens (tertiary/aromatic N) is 2. The first-order chi connectivity index (χ1) is 17.4. The Morgan fingerprint density at radius 1 is 1.14 bits per heavy atom. The fraction of sp³-hybridized carbons (Fsp3) is 0.517. The zero-order valence-corrected chi connectivity index (χ0v) is 20.0. The third-order valence-corrected chi connectivity index (χ3v) is 10.5. The molecule has 0 amide bonds. The molecule has 3 aliphatic carbocycles. The quantitative estimate of drug-likeness (QED) is 0.514. The van der Waals surface area contributed by atoms with Crippen LogP contribution in [0.3, 0.4) is 0 Å². The van der Waals surface area contributed by atoms with E-state index in [1.807, 2.05) is 6.07 Å². The lowest BCUT2D eigenvalue weighted by molar-refractivity contribution is -0.173. The van der Waals surface area contributed by atoms with E-state index in [-0.39, 0.29) is 17.6 Å².